The molecule has 2 rings (SSSR count). The minimum Gasteiger partial charge on any atom is -0.325 e. The molecule has 2 N–H and O–H groups in total. The molecule has 0 radical (unpaired) electrons. The topological polar surface area (TPSA) is 51.8 Å². The van der Waals surface area contributed by atoms with Gasteiger partial charge in [-0.25, -0.2) is 4.98 Å². The fourth-order valence-corrected chi connectivity index (χ4v) is 2.70. The number of nitrogens with two attached hydrogens (primary N) is 1. The molecule has 2 aromatic rings. The standard InChI is InChI=1S/C11H10BrN3S/c12-8-2-1-3-9(6-8)16-11-10(7-13)14-4-5-15-11/h1-6H,7,13H2. The van der Waals surface area contributed by atoms with Crippen molar-refractivity contribution in [1.82, 2.24) is 9.97 Å². The number of nitrogens with zero attached hydrogens (tertiary/aromatic N) is 2. The molecule has 82 valence electrons. The average Bonchev–Trinajstić information content (AvgIpc) is 2.30. The molecule has 5 heteroatoms. The highest BCUT2D eigenvalue weighted by Gasteiger charge is 2.05. The van der Waals surface area contributed by atoms with E-state index in [1.165, 1.54) is 0 Å². The van der Waals surface area contributed by atoms with Crippen LogP contribution in [-0.4, -0.2) is 9.97 Å². The molecule has 3 nitrogen and oxygen atoms in total. The van der Waals surface area contributed by atoms with Gasteiger partial charge in [0.15, 0.2) is 0 Å². The maximum atomic E-state index is 5.61. The van der Waals surface area contributed by atoms with E-state index in [-0.39, 0.29) is 0 Å². The Morgan fingerprint density at radius 1 is 1.25 bits per heavy atom. The average molecular weight is 296 g/mol. The van der Waals surface area contributed by atoms with E-state index >= 15 is 0 Å². The molecule has 0 aliphatic carbocycles. The van der Waals surface area contributed by atoms with Crippen LogP contribution in [0.5, 0.6) is 0 Å². The minimum atomic E-state index is 0.407. The van der Waals surface area contributed by atoms with Gasteiger partial charge in [0, 0.05) is 28.3 Å². The summed E-state index contributed by atoms with van der Waals surface area (Å²) in [5.74, 6) is 0. The third-order valence-electron chi connectivity index (χ3n) is 1.94. The summed E-state index contributed by atoms with van der Waals surface area (Å²) in [7, 11) is 0. The first kappa shape index (κ1) is 11.6. The first-order chi connectivity index (χ1) is 7.79. The molecule has 0 fully saturated rings. The molecule has 0 bridgehead atoms. The van der Waals surface area contributed by atoms with Crippen LogP contribution < -0.4 is 5.73 Å². The van der Waals surface area contributed by atoms with Crippen molar-refractivity contribution in [3.63, 3.8) is 0 Å². The highest BCUT2D eigenvalue weighted by atomic mass is 79.9. The zero-order chi connectivity index (χ0) is 11.4. The van der Waals surface area contributed by atoms with Gasteiger partial charge in [0.25, 0.3) is 0 Å². The number of hydrogen-bond acceptors (Lipinski definition) is 4. The molecule has 1 heterocycles. The van der Waals surface area contributed by atoms with Crippen LogP contribution >= 0.6 is 27.7 Å². The van der Waals surface area contributed by atoms with E-state index < -0.39 is 0 Å². The molecular formula is C11H10BrN3S. The molecule has 0 saturated carbocycles. The van der Waals surface area contributed by atoms with Crippen molar-refractivity contribution in [3.8, 4) is 0 Å². The van der Waals surface area contributed by atoms with Gasteiger partial charge in [0.05, 0.1) is 5.69 Å². The summed E-state index contributed by atoms with van der Waals surface area (Å²) in [6.45, 7) is 0.407. The monoisotopic (exact) mass is 295 g/mol. The van der Waals surface area contributed by atoms with E-state index in [1.54, 1.807) is 24.2 Å². The summed E-state index contributed by atoms with van der Waals surface area (Å²) >= 11 is 5.01. The maximum Gasteiger partial charge on any atom is 0.124 e. The third-order valence-corrected chi connectivity index (χ3v) is 3.46. The molecule has 0 amide bonds. The quantitative estimate of drug-likeness (QED) is 0.946. The van der Waals surface area contributed by atoms with Gasteiger partial charge in [-0.1, -0.05) is 33.8 Å². The van der Waals surface area contributed by atoms with Crippen molar-refractivity contribution < 1.29 is 0 Å². The van der Waals surface area contributed by atoms with Gasteiger partial charge >= 0.3 is 0 Å². The Morgan fingerprint density at radius 3 is 2.81 bits per heavy atom. The molecule has 16 heavy (non-hydrogen) atoms. The van der Waals surface area contributed by atoms with E-state index in [4.69, 9.17) is 5.73 Å². The predicted molar refractivity (Wildman–Crippen MR) is 68.2 cm³/mol. The number of hydrogen-bond donors (Lipinski definition) is 1. The van der Waals surface area contributed by atoms with Crippen molar-refractivity contribution in [2.75, 3.05) is 0 Å². The lowest BCUT2D eigenvalue weighted by Crippen LogP contribution is -2.02. The number of benzene rings is 1. The van der Waals surface area contributed by atoms with Crippen LogP contribution in [0.25, 0.3) is 0 Å². The van der Waals surface area contributed by atoms with Crippen molar-refractivity contribution in [2.24, 2.45) is 5.73 Å². The molecule has 0 spiro atoms. The van der Waals surface area contributed by atoms with Crippen LogP contribution in [0.2, 0.25) is 0 Å². The van der Waals surface area contributed by atoms with E-state index in [1.807, 2.05) is 24.3 Å². The first-order valence-corrected chi connectivity index (χ1v) is 6.34. The third kappa shape index (κ3) is 2.81. The second kappa shape index (κ2) is 5.43. The highest BCUT2D eigenvalue weighted by molar-refractivity contribution is 9.10. The van der Waals surface area contributed by atoms with Gasteiger partial charge < -0.3 is 5.73 Å². The Morgan fingerprint density at radius 2 is 2.06 bits per heavy atom. The Balaban J connectivity index is 2.26. The molecule has 1 aromatic carbocycles. The van der Waals surface area contributed by atoms with Crippen LogP contribution in [0.3, 0.4) is 0 Å². The fourth-order valence-electron chi connectivity index (χ4n) is 1.22. The largest absolute Gasteiger partial charge is 0.325 e. The van der Waals surface area contributed by atoms with Crippen LogP contribution in [0.4, 0.5) is 0 Å². The van der Waals surface area contributed by atoms with E-state index in [2.05, 4.69) is 25.9 Å². The molecule has 0 aliphatic rings. The van der Waals surface area contributed by atoms with Crippen molar-refractivity contribution in [2.45, 2.75) is 16.5 Å². The van der Waals surface area contributed by atoms with Gasteiger partial charge in [-0.05, 0) is 18.2 Å². The van der Waals surface area contributed by atoms with Crippen molar-refractivity contribution in [3.05, 3.63) is 46.8 Å². The molecule has 1 aromatic heterocycles. The van der Waals surface area contributed by atoms with E-state index in [9.17, 15) is 0 Å². The lowest BCUT2D eigenvalue weighted by atomic mass is 10.4. The zero-order valence-electron chi connectivity index (χ0n) is 8.43. The van der Waals surface area contributed by atoms with Crippen LogP contribution in [-0.2, 0) is 6.54 Å². The lowest BCUT2D eigenvalue weighted by molar-refractivity contribution is 0.886. The normalized spacial score (nSPS) is 10.4. The molecular weight excluding hydrogens is 286 g/mol. The van der Waals surface area contributed by atoms with Crippen LogP contribution in [0.1, 0.15) is 5.69 Å². The zero-order valence-corrected chi connectivity index (χ0v) is 10.8. The van der Waals surface area contributed by atoms with Gasteiger partial charge in [0.1, 0.15) is 5.03 Å². The summed E-state index contributed by atoms with van der Waals surface area (Å²) < 4.78 is 1.05. The molecule has 0 unspecified atom stereocenters. The van der Waals surface area contributed by atoms with Crippen LogP contribution in [0, 0.1) is 0 Å². The van der Waals surface area contributed by atoms with Gasteiger partial charge in [-0.15, -0.1) is 0 Å². The van der Waals surface area contributed by atoms with Gasteiger partial charge in [-0.2, -0.15) is 0 Å². The number of halogens is 1. The summed E-state index contributed by atoms with van der Waals surface area (Å²) in [6, 6.07) is 8.06. The smallest absolute Gasteiger partial charge is 0.124 e. The van der Waals surface area contributed by atoms with Crippen molar-refractivity contribution >= 4 is 27.7 Å². The maximum absolute atomic E-state index is 5.61. The Hall–Kier alpha value is -0.910. The molecule has 0 aliphatic heterocycles. The Bertz CT molecular complexity index is 490. The lowest BCUT2D eigenvalue weighted by Gasteiger charge is -2.04. The van der Waals surface area contributed by atoms with Crippen molar-refractivity contribution in [1.29, 1.82) is 0 Å². The molecule has 0 atom stereocenters. The highest BCUT2D eigenvalue weighted by Crippen LogP contribution is 2.29. The minimum absolute atomic E-state index is 0.407. The van der Waals surface area contributed by atoms with E-state index in [0.717, 1.165) is 20.1 Å². The summed E-state index contributed by atoms with van der Waals surface area (Å²) in [6.07, 6.45) is 3.34. The Labute approximate surface area is 107 Å². The Kier molecular flexibility index (Phi) is 3.93. The number of aromatic nitrogens is 2. The SMILES string of the molecule is NCc1nccnc1Sc1cccc(Br)c1. The van der Waals surface area contributed by atoms with Crippen LogP contribution in [0.15, 0.2) is 51.1 Å². The summed E-state index contributed by atoms with van der Waals surface area (Å²) in [5, 5.41) is 0.864. The van der Waals surface area contributed by atoms with E-state index in [0.29, 0.717) is 6.54 Å². The predicted octanol–water partition coefficient (Wildman–Crippen LogP) is 2.85. The van der Waals surface area contributed by atoms with Gasteiger partial charge in [-0.3, -0.25) is 4.98 Å². The molecule has 0 saturated heterocycles. The summed E-state index contributed by atoms with van der Waals surface area (Å²) in [5.41, 5.74) is 6.44. The van der Waals surface area contributed by atoms with Gasteiger partial charge in [0.2, 0.25) is 0 Å². The number of rotatable bonds is 3. The second-order valence-electron chi connectivity index (χ2n) is 3.07. The first-order valence-electron chi connectivity index (χ1n) is 4.73. The fraction of sp³-hybridized carbons (Fsp3) is 0.0909. The second-order valence-corrected chi connectivity index (χ2v) is 5.05. The summed E-state index contributed by atoms with van der Waals surface area (Å²) in [4.78, 5) is 9.59.